The van der Waals surface area contributed by atoms with Gasteiger partial charge in [-0.3, -0.25) is 9.10 Å². The summed E-state index contributed by atoms with van der Waals surface area (Å²) in [5.41, 5.74) is -0.673. The summed E-state index contributed by atoms with van der Waals surface area (Å²) in [6.07, 6.45) is 0.799. The van der Waals surface area contributed by atoms with Crippen LogP contribution < -0.4 is 9.62 Å². The van der Waals surface area contributed by atoms with Crippen LogP contribution in [0.1, 0.15) is 10.4 Å². The highest BCUT2D eigenvalue weighted by Gasteiger charge is 2.24. The van der Waals surface area contributed by atoms with Crippen LogP contribution in [0.15, 0.2) is 42.5 Å². The van der Waals surface area contributed by atoms with Crippen LogP contribution in [0.25, 0.3) is 0 Å². The van der Waals surface area contributed by atoms with Crippen molar-refractivity contribution in [2.45, 2.75) is 0 Å². The van der Waals surface area contributed by atoms with E-state index in [0.29, 0.717) is 4.31 Å². The second-order valence-electron chi connectivity index (χ2n) is 5.17. The minimum Gasteiger partial charge on any atom is -0.350 e. The summed E-state index contributed by atoms with van der Waals surface area (Å²) in [6, 6.07) is 7.89. The van der Waals surface area contributed by atoms with Gasteiger partial charge in [0.05, 0.1) is 12.8 Å². The molecular formula is C16H15F3N2O3S. The van der Waals surface area contributed by atoms with Gasteiger partial charge in [0.15, 0.2) is 11.6 Å². The molecule has 0 fully saturated rings. The number of nitrogens with zero attached hydrogens (tertiary/aromatic N) is 1. The first kappa shape index (κ1) is 18.8. The number of hydrogen-bond acceptors (Lipinski definition) is 3. The fourth-order valence-electron chi connectivity index (χ4n) is 2.17. The van der Waals surface area contributed by atoms with Crippen LogP contribution in [0, 0.1) is 17.5 Å². The van der Waals surface area contributed by atoms with Crippen LogP contribution in [0.3, 0.4) is 0 Å². The number of benzene rings is 2. The van der Waals surface area contributed by atoms with Crippen molar-refractivity contribution in [3.8, 4) is 0 Å². The summed E-state index contributed by atoms with van der Waals surface area (Å²) in [7, 11) is -3.99. The second kappa shape index (κ2) is 7.56. The van der Waals surface area contributed by atoms with Gasteiger partial charge < -0.3 is 5.32 Å². The molecular weight excluding hydrogens is 357 g/mol. The van der Waals surface area contributed by atoms with E-state index in [1.54, 1.807) is 0 Å². The zero-order valence-electron chi connectivity index (χ0n) is 13.2. The number of anilines is 1. The van der Waals surface area contributed by atoms with Gasteiger partial charge in [0.1, 0.15) is 11.5 Å². The van der Waals surface area contributed by atoms with Crippen molar-refractivity contribution in [1.82, 2.24) is 5.32 Å². The van der Waals surface area contributed by atoms with Crippen LogP contribution in [0.5, 0.6) is 0 Å². The Bertz CT molecular complexity index is 868. The second-order valence-corrected chi connectivity index (χ2v) is 7.08. The SMILES string of the molecule is CS(=O)(=O)N(CCNC(=O)c1cccc(F)c1)c1c(F)cccc1F. The lowest BCUT2D eigenvalue weighted by Crippen LogP contribution is -2.39. The molecule has 0 atom stereocenters. The Kier molecular flexibility index (Phi) is 5.68. The summed E-state index contributed by atoms with van der Waals surface area (Å²) >= 11 is 0. The summed E-state index contributed by atoms with van der Waals surface area (Å²) in [5, 5.41) is 2.38. The smallest absolute Gasteiger partial charge is 0.251 e. The predicted octanol–water partition coefficient (Wildman–Crippen LogP) is 2.30. The maximum atomic E-state index is 13.9. The van der Waals surface area contributed by atoms with E-state index in [-0.39, 0.29) is 12.1 Å². The van der Waals surface area contributed by atoms with Crippen LogP contribution >= 0.6 is 0 Å². The Morgan fingerprint density at radius 2 is 1.68 bits per heavy atom. The number of carbonyl (C=O) groups excluding carboxylic acids is 1. The normalized spacial score (nSPS) is 11.2. The monoisotopic (exact) mass is 372 g/mol. The molecule has 2 rings (SSSR count). The van der Waals surface area contributed by atoms with Gasteiger partial charge in [-0.05, 0) is 30.3 Å². The van der Waals surface area contributed by atoms with Crippen molar-refractivity contribution in [3.63, 3.8) is 0 Å². The third-order valence-electron chi connectivity index (χ3n) is 3.27. The molecule has 9 heteroatoms. The zero-order valence-corrected chi connectivity index (χ0v) is 14.0. The molecule has 2 aromatic rings. The highest BCUT2D eigenvalue weighted by Crippen LogP contribution is 2.24. The fourth-order valence-corrected chi connectivity index (χ4v) is 3.10. The van der Waals surface area contributed by atoms with E-state index >= 15 is 0 Å². The summed E-state index contributed by atoms with van der Waals surface area (Å²) in [5.74, 6) is -3.32. The Hall–Kier alpha value is -2.55. The predicted molar refractivity (Wildman–Crippen MR) is 87.3 cm³/mol. The van der Waals surface area contributed by atoms with Crippen LogP contribution in [-0.2, 0) is 10.0 Å². The van der Waals surface area contributed by atoms with Crippen molar-refractivity contribution in [3.05, 3.63) is 65.5 Å². The molecule has 1 amide bonds. The van der Waals surface area contributed by atoms with E-state index in [1.165, 1.54) is 18.2 Å². The average molecular weight is 372 g/mol. The van der Waals surface area contributed by atoms with Crippen molar-refractivity contribution in [1.29, 1.82) is 0 Å². The number of sulfonamides is 1. The van der Waals surface area contributed by atoms with Gasteiger partial charge in [0.2, 0.25) is 10.0 Å². The fraction of sp³-hybridized carbons (Fsp3) is 0.188. The highest BCUT2D eigenvalue weighted by atomic mass is 32.2. The van der Waals surface area contributed by atoms with E-state index in [4.69, 9.17) is 0 Å². The standard InChI is InChI=1S/C16H15F3N2O3S/c1-25(23,24)21(15-13(18)6-3-7-14(15)19)9-8-20-16(22)11-4-2-5-12(17)10-11/h2-7,10H,8-9H2,1H3,(H,20,22). The third kappa shape index (κ3) is 4.72. The maximum absolute atomic E-state index is 13.9. The molecule has 0 unspecified atom stereocenters. The van der Waals surface area contributed by atoms with E-state index in [0.717, 1.165) is 30.5 Å². The molecule has 0 radical (unpaired) electrons. The van der Waals surface area contributed by atoms with Gasteiger partial charge in [-0.25, -0.2) is 21.6 Å². The number of nitrogens with one attached hydrogen (secondary N) is 1. The van der Waals surface area contributed by atoms with Crippen molar-refractivity contribution in [2.75, 3.05) is 23.7 Å². The number of carbonyl (C=O) groups is 1. The molecule has 25 heavy (non-hydrogen) atoms. The largest absolute Gasteiger partial charge is 0.350 e. The molecule has 0 bridgehead atoms. The van der Waals surface area contributed by atoms with E-state index in [9.17, 15) is 26.4 Å². The number of halogens is 3. The summed E-state index contributed by atoms with van der Waals surface area (Å²) in [4.78, 5) is 11.9. The van der Waals surface area contributed by atoms with E-state index in [1.807, 2.05) is 0 Å². The Labute approximate surface area is 143 Å². The lowest BCUT2D eigenvalue weighted by atomic mass is 10.2. The molecule has 0 aliphatic heterocycles. The number of para-hydroxylation sites is 1. The van der Waals surface area contributed by atoms with Gasteiger partial charge >= 0.3 is 0 Å². The average Bonchev–Trinajstić information content (AvgIpc) is 2.52. The molecule has 134 valence electrons. The molecule has 0 heterocycles. The maximum Gasteiger partial charge on any atom is 0.251 e. The molecule has 0 saturated heterocycles. The van der Waals surface area contributed by atoms with Crippen molar-refractivity contribution in [2.24, 2.45) is 0 Å². The summed E-state index contributed by atoms with van der Waals surface area (Å²) in [6.45, 7) is -0.617. The Balaban J connectivity index is 2.13. The first-order chi connectivity index (χ1) is 11.7. The van der Waals surface area contributed by atoms with Crippen molar-refractivity contribution >= 4 is 21.6 Å². The van der Waals surface area contributed by atoms with E-state index in [2.05, 4.69) is 5.32 Å². The third-order valence-corrected chi connectivity index (χ3v) is 4.44. The molecule has 0 spiro atoms. The molecule has 0 aromatic heterocycles. The molecule has 5 nitrogen and oxygen atoms in total. The number of rotatable bonds is 6. The molecule has 0 aliphatic rings. The summed E-state index contributed by atoms with van der Waals surface area (Å²) < 4.78 is 65.0. The minimum absolute atomic E-state index is 0.0444. The Morgan fingerprint density at radius 1 is 1.08 bits per heavy atom. The lowest BCUT2D eigenvalue weighted by molar-refractivity contribution is 0.0954. The topological polar surface area (TPSA) is 66.5 Å². The van der Waals surface area contributed by atoms with Crippen LogP contribution in [-0.4, -0.2) is 33.7 Å². The van der Waals surface area contributed by atoms with Gasteiger partial charge in [0.25, 0.3) is 5.91 Å². The van der Waals surface area contributed by atoms with E-state index < -0.39 is 45.6 Å². The van der Waals surface area contributed by atoms with Crippen LogP contribution in [0.4, 0.5) is 18.9 Å². The van der Waals surface area contributed by atoms with Crippen LogP contribution in [0.2, 0.25) is 0 Å². The lowest BCUT2D eigenvalue weighted by Gasteiger charge is -2.23. The zero-order chi connectivity index (χ0) is 18.6. The quantitative estimate of drug-likeness (QED) is 0.846. The minimum atomic E-state index is -3.99. The Morgan fingerprint density at radius 3 is 2.24 bits per heavy atom. The van der Waals surface area contributed by atoms with Gasteiger partial charge in [-0.1, -0.05) is 12.1 Å². The van der Waals surface area contributed by atoms with Gasteiger partial charge in [0, 0.05) is 12.1 Å². The first-order valence-electron chi connectivity index (χ1n) is 7.15. The molecule has 0 saturated carbocycles. The number of amides is 1. The molecule has 0 aliphatic carbocycles. The number of hydrogen-bond donors (Lipinski definition) is 1. The molecule has 1 N–H and O–H groups in total. The first-order valence-corrected chi connectivity index (χ1v) is 9.00. The molecule has 2 aromatic carbocycles. The van der Waals surface area contributed by atoms with Gasteiger partial charge in [-0.2, -0.15) is 0 Å². The highest BCUT2D eigenvalue weighted by molar-refractivity contribution is 7.92. The van der Waals surface area contributed by atoms with Crippen molar-refractivity contribution < 1.29 is 26.4 Å². The van der Waals surface area contributed by atoms with Gasteiger partial charge in [-0.15, -0.1) is 0 Å².